The molecule has 18 heavy (non-hydrogen) atoms. The van der Waals surface area contributed by atoms with Crippen molar-refractivity contribution in [3.8, 4) is 0 Å². The highest BCUT2D eigenvalue weighted by atomic mass is 16.6. The van der Waals surface area contributed by atoms with E-state index in [1.54, 1.807) is 4.90 Å². The normalized spacial score (nSPS) is 12.7. The Balaban J connectivity index is 4.72. The molecule has 4 heteroatoms. The zero-order valence-corrected chi connectivity index (χ0v) is 13.0. The van der Waals surface area contributed by atoms with Crippen LogP contribution in [0.15, 0.2) is 0 Å². The van der Waals surface area contributed by atoms with Crippen LogP contribution >= 0.6 is 0 Å². The summed E-state index contributed by atoms with van der Waals surface area (Å²) in [7, 11) is 0. The summed E-state index contributed by atoms with van der Waals surface area (Å²) in [6, 6.07) is 0.122. The second-order valence-corrected chi connectivity index (χ2v) is 6.90. The summed E-state index contributed by atoms with van der Waals surface area (Å²) >= 11 is 0. The Hall–Kier alpha value is -0.770. The van der Waals surface area contributed by atoms with Gasteiger partial charge in [0.2, 0.25) is 0 Å². The molecule has 0 unspecified atom stereocenters. The molecule has 0 aromatic rings. The summed E-state index contributed by atoms with van der Waals surface area (Å²) in [6.45, 7) is 15.2. The maximum Gasteiger partial charge on any atom is 0.410 e. The Morgan fingerprint density at radius 3 is 2.06 bits per heavy atom. The zero-order chi connectivity index (χ0) is 14.6. The third-order valence-corrected chi connectivity index (χ3v) is 2.67. The summed E-state index contributed by atoms with van der Waals surface area (Å²) < 4.78 is 5.44. The SMILES string of the molecule is CC(C)N(CC(C)(C)CCN)C(=O)OC(C)(C)C. The third-order valence-electron chi connectivity index (χ3n) is 2.67. The molecular weight excluding hydrogens is 228 g/mol. The number of ether oxygens (including phenoxy) is 1. The van der Waals surface area contributed by atoms with Crippen molar-refractivity contribution in [2.75, 3.05) is 13.1 Å². The minimum atomic E-state index is -0.456. The largest absolute Gasteiger partial charge is 0.444 e. The first-order valence-electron chi connectivity index (χ1n) is 6.68. The molecule has 0 aliphatic rings. The molecule has 0 heterocycles. The molecular formula is C14H30N2O2. The average Bonchev–Trinajstić information content (AvgIpc) is 2.10. The maximum absolute atomic E-state index is 12.2. The van der Waals surface area contributed by atoms with E-state index in [1.807, 2.05) is 34.6 Å². The summed E-state index contributed by atoms with van der Waals surface area (Å²) in [4.78, 5) is 13.9. The molecule has 0 spiro atoms. The molecule has 0 saturated carbocycles. The van der Waals surface area contributed by atoms with Crippen LogP contribution in [-0.2, 0) is 4.74 Å². The predicted octanol–water partition coefficient (Wildman–Crippen LogP) is 3.01. The van der Waals surface area contributed by atoms with Crippen LogP contribution in [0, 0.1) is 5.41 Å². The van der Waals surface area contributed by atoms with Gasteiger partial charge in [-0.25, -0.2) is 4.79 Å². The number of nitrogens with zero attached hydrogens (tertiary/aromatic N) is 1. The van der Waals surface area contributed by atoms with Crippen LogP contribution in [0.4, 0.5) is 4.79 Å². The van der Waals surface area contributed by atoms with Gasteiger partial charge in [0.25, 0.3) is 0 Å². The van der Waals surface area contributed by atoms with Crippen LogP contribution in [0.25, 0.3) is 0 Å². The van der Waals surface area contributed by atoms with E-state index in [2.05, 4.69) is 13.8 Å². The van der Waals surface area contributed by atoms with Crippen molar-refractivity contribution >= 4 is 6.09 Å². The predicted molar refractivity (Wildman–Crippen MR) is 75.5 cm³/mol. The van der Waals surface area contributed by atoms with Crippen molar-refractivity contribution < 1.29 is 9.53 Å². The molecule has 0 bridgehead atoms. The molecule has 2 N–H and O–H groups in total. The van der Waals surface area contributed by atoms with Gasteiger partial charge >= 0.3 is 6.09 Å². The Labute approximate surface area is 112 Å². The lowest BCUT2D eigenvalue weighted by Crippen LogP contribution is -2.46. The van der Waals surface area contributed by atoms with Gasteiger partial charge in [0.15, 0.2) is 0 Å². The van der Waals surface area contributed by atoms with Crippen LogP contribution in [0.2, 0.25) is 0 Å². The number of hydrogen-bond donors (Lipinski definition) is 1. The van der Waals surface area contributed by atoms with Crippen LogP contribution < -0.4 is 5.73 Å². The number of rotatable bonds is 5. The molecule has 1 amide bonds. The molecule has 108 valence electrons. The first kappa shape index (κ1) is 17.2. The van der Waals surface area contributed by atoms with E-state index in [9.17, 15) is 4.79 Å². The van der Waals surface area contributed by atoms with Gasteiger partial charge in [0, 0.05) is 12.6 Å². The van der Waals surface area contributed by atoms with Gasteiger partial charge in [0.05, 0.1) is 0 Å². The van der Waals surface area contributed by atoms with E-state index in [1.165, 1.54) is 0 Å². The van der Waals surface area contributed by atoms with Crippen LogP contribution in [0.1, 0.15) is 54.9 Å². The number of carbonyl (C=O) groups is 1. The molecule has 0 saturated heterocycles. The number of hydrogen-bond acceptors (Lipinski definition) is 3. The molecule has 0 aliphatic carbocycles. The van der Waals surface area contributed by atoms with Gasteiger partial charge in [-0.05, 0) is 53.0 Å². The van der Waals surface area contributed by atoms with Gasteiger partial charge in [-0.2, -0.15) is 0 Å². The highest BCUT2D eigenvalue weighted by molar-refractivity contribution is 5.68. The zero-order valence-electron chi connectivity index (χ0n) is 13.0. The lowest BCUT2D eigenvalue weighted by Gasteiger charge is -2.36. The summed E-state index contributed by atoms with van der Waals surface area (Å²) in [5.74, 6) is 0. The summed E-state index contributed by atoms with van der Waals surface area (Å²) in [6.07, 6.45) is 0.640. The fraction of sp³-hybridized carbons (Fsp3) is 0.929. The van der Waals surface area contributed by atoms with Crippen LogP contribution in [0.5, 0.6) is 0 Å². The van der Waals surface area contributed by atoms with Gasteiger partial charge in [0.1, 0.15) is 5.60 Å². The quantitative estimate of drug-likeness (QED) is 0.824. The molecule has 0 atom stereocenters. The average molecular weight is 258 g/mol. The number of nitrogens with two attached hydrogens (primary N) is 1. The van der Waals surface area contributed by atoms with Crippen molar-refractivity contribution in [1.82, 2.24) is 4.90 Å². The van der Waals surface area contributed by atoms with Gasteiger partial charge < -0.3 is 15.4 Å². The van der Waals surface area contributed by atoms with Crippen LogP contribution in [0.3, 0.4) is 0 Å². The molecule has 0 aliphatic heterocycles. The monoisotopic (exact) mass is 258 g/mol. The Bertz CT molecular complexity index is 267. The van der Waals surface area contributed by atoms with Crippen molar-refractivity contribution in [2.45, 2.75) is 66.5 Å². The Morgan fingerprint density at radius 2 is 1.72 bits per heavy atom. The molecule has 0 aromatic heterocycles. The molecule has 0 rings (SSSR count). The fourth-order valence-corrected chi connectivity index (χ4v) is 1.71. The van der Waals surface area contributed by atoms with E-state index in [4.69, 9.17) is 10.5 Å². The van der Waals surface area contributed by atoms with E-state index in [0.717, 1.165) is 6.42 Å². The minimum absolute atomic E-state index is 0.00985. The number of carbonyl (C=O) groups excluding carboxylic acids is 1. The lowest BCUT2D eigenvalue weighted by molar-refractivity contribution is 0.0103. The van der Waals surface area contributed by atoms with Crippen molar-refractivity contribution in [1.29, 1.82) is 0 Å². The van der Waals surface area contributed by atoms with Gasteiger partial charge in [-0.1, -0.05) is 13.8 Å². The maximum atomic E-state index is 12.2. The first-order valence-corrected chi connectivity index (χ1v) is 6.68. The first-order chi connectivity index (χ1) is 7.98. The highest BCUT2D eigenvalue weighted by Crippen LogP contribution is 2.23. The second-order valence-electron chi connectivity index (χ2n) is 6.90. The minimum Gasteiger partial charge on any atom is -0.444 e. The van der Waals surface area contributed by atoms with Crippen molar-refractivity contribution in [3.05, 3.63) is 0 Å². The highest BCUT2D eigenvalue weighted by Gasteiger charge is 2.29. The lowest BCUT2D eigenvalue weighted by atomic mass is 9.88. The van der Waals surface area contributed by atoms with Gasteiger partial charge in [-0.15, -0.1) is 0 Å². The Kier molecular flexibility index (Phi) is 6.14. The third kappa shape index (κ3) is 6.84. The topological polar surface area (TPSA) is 55.6 Å². The molecule has 0 aromatic carbocycles. The van der Waals surface area contributed by atoms with E-state index in [-0.39, 0.29) is 17.6 Å². The summed E-state index contributed by atoms with van der Waals surface area (Å²) in [5.41, 5.74) is 5.16. The standard InChI is InChI=1S/C14H30N2O2/c1-11(2)16(10-14(6,7)8-9-15)12(17)18-13(3,4)5/h11H,8-10,15H2,1-7H3. The van der Waals surface area contributed by atoms with E-state index < -0.39 is 5.60 Å². The van der Waals surface area contributed by atoms with Crippen molar-refractivity contribution in [3.63, 3.8) is 0 Å². The fourth-order valence-electron chi connectivity index (χ4n) is 1.71. The molecule has 4 nitrogen and oxygen atoms in total. The van der Waals surface area contributed by atoms with E-state index in [0.29, 0.717) is 13.1 Å². The van der Waals surface area contributed by atoms with Crippen LogP contribution in [-0.4, -0.2) is 35.7 Å². The number of amides is 1. The molecule has 0 radical (unpaired) electrons. The molecule has 0 fully saturated rings. The smallest absolute Gasteiger partial charge is 0.410 e. The Morgan fingerprint density at radius 1 is 1.22 bits per heavy atom. The van der Waals surface area contributed by atoms with Gasteiger partial charge in [-0.3, -0.25) is 0 Å². The van der Waals surface area contributed by atoms with E-state index >= 15 is 0 Å². The summed E-state index contributed by atoms with van der Waals surface area (Å²) in [5, 5.41) is 0. The van der Waals surface area contributed by atoms with Crippen molar-refractivity contribution in [2.24, 2.45) is 11.1 Å². The second kappa shape index (κ2) is 6.41.